The van der Waals surface area contributed by atoms with Gasteiger partial charge in [0.2, 0.25) is 0 Å². The molecule has 6 nitrogen and oxygen atoms in total. The van der Waals surface area contributed by atoms with Gasteiger partial charge in [0.15, 0.2) is 0 Å². The highest BCUT2D eigenvalue weighted by molar-refractivity contribution is 9.10. The molecule has 0 bridgehead atoms. The Bertz CT molecular complexity index is 781. The first-order chi connectivity index (χ1) is 8.90. The first kappa shape index (κ1) is 13.2. The second kappa shape index (κ2) is 4.81. The molecule has 19 heavy (non-hydrogen) atoms. The number of H-pyrrole nitrogens is 1. The number of halogens is 2. The number of nitrogens with one attached hydrogen (secondary N) is 1. The number of aromatic amines is 1. The summed E-state index contributed by atoms with van der Waals surface area (Å²) in [6, 6.07) is 3.51. The van der Waals surface area contributed by atoms with Crippen molar-refractivity contribution in [2.24, 2.45) is 0 Å². The van der Waals surface area contributed by atoms with E-state index in [9.17, 15) is 18.8 Å². The molecule has 0 spiro atoms. The van der Waals surface area contributed by atoms with Crippen LogP contribution in [0.5, 0.6) is 0 Å². The lowest BCUT2D eigenvalue weighted by Gasteiger charge is -2.08. The second-order valence-electron chi connectivity index (χ2n) is 3.57. The molecule has 1 aromatic heterocycles. The standard InChI is InChI=1S/C11H6BrFN2O4/c12-7-3-5(13)1-2-8(7)15-4-6(10(17)18)9(16)14-11(15)19/h1-4H,(H,17,18)(H,14,16,19). The van der Waals surface area contributed by atoms with E-state index >= 15 is 0 Å². The van der Waals surface area contributed by atoms with Crippen molar-refractivity contribution in [1.29, 1.82) is 0 Å². The number of carboxylic acids is 1. The fourth-order valence-electron chi connectivity index (χ4n) is 1.48. The van der Waals surface area contributed by atoms with Gasteiger partial charge in [0.05, 0.1) is 5.69 Å². The Morgan fingerprint density at radius 2 is 2.05 bits per heavy atom. The first-order valence-corrected chi connectivity index (χ1v) is 5.74. The van der Waals surface area contributed by atoms with Crippen LogP contribution in [-0.4, -0.2) is 20.6 Å². The molecule has 0 aliphatic heterocycles. The molecule has 98 valence electrons. The molecule has 8 heteroatoms. The molecule has 2 rings (SSSR count). The molecule has 0 saturated carbocycles. The van der Waals surface area contributed by atoms with Gasteiger partial charge in [-0.05, 0) is 34.1 Å². The Labute approximate surface area is 113 Å². The summed E-state index contributed by atoms with van der Waals surface area (Å²) in [5.74, 6) is -1.99. The van der Waals surface area contributed by atoms with Crippen molar-refractivity contribution in [2.45, 2.75) is 0 Å². The van der Waals surface area contributed by atoms with Crippen molar-refractivity contribution in [2.75, 3.05) is 0 Å². The van der Waals surface area contributed by atoms with Gasteiger partial charge in [0.25, 0.3) is 5.56 Å². The maximum absolute atomic E-state index is 13.0. The minimum Gasteiger partial charge on any atom is -0.477 e. The zero-order valence-electron chi connectivity index (χ0n) is 9.18. The van der Waals surface area contributed by atoms with Gasteiger partial charge in [-0.15, -0.1) is 0 Å². The largest absolute Gasteiger partial charge is 0.477 e. The van der Waals surface area contributed by atoms with E-state index in [0.717, 1.165) is 22.9 Å². The summed E-state index contributed by atoms with van der Waals surface area (Å²) in [4.78, 5) is 35.7. The quantitative estimate of drug-likeness (QED) is 0.864. The number of carboxylic acid groups (broad SMARTS) is 1. The fraction of sp³-hybridized carbons (Fsp3) is 0. The Hall–Kier alpha value is -2.22. The fourth-order valence-corrected chi connectivity index (χ4v) is 2.02. The molecule has 2 N–H and O–H groups in total. The van der Waals surface area contributed by atoms with E-state index in [1.165, 1.54) is 6.07 Å². The smallest absolute Gasteiger partial charge is 0.342 e. The predicted octanol–water partition coefficient (Wildman–Crippen LogP) is 1.13. The van der Waals surface area contributed by atoms with Crippen molar-refractivity contribution >= 4 is 21.9 Å². The van der Waals surface area contributed by atoms with Gasteiger partial charge in [0.1, 0.15) is 11.4 Å². The van der Waals surface area contributed by atoms with E-state index in [1.54, 1.807) is 0 Å². The predicted molar refractivity (Wildman–Crippen MR) is 67.3 cm³/mol. The molecule has 0 aliphatic rings. The van der Waals surface area contributed by atoms with Crippen LogP contribution in [0.3, 0.4) is 0 Å². The van der Waals surface area contributed by atoms with E-state index in [4.69, 9.17) is 5.11 Å². The number of aromatic nitrogens is 2. The van der Waals surface area contributed by atoms with E-state index < -0.39 is 28.6 Å². The highest BCUT2D eigenvalue weighted by Crippen LogP contribution is 2.20. The van der Waals surface area contributed by atoms with Gasteiger partial charge in [0, 0.05) is 10.7 Å². The SMILES string of the molecule is O=C(O)c1cn(-c2ccc(F)cc2Br)c(=O)[nH]c1=O. The number of nitrogens with zero attached hydrogens (tertiary/aromatic N) is 1. The van der Waals surface area contributed by atoms with Crippen molar-refractivity contribution in [3.8, 4) is 5.69 Å². The van der Waals surface area contributed by atoms with Gasteiger partial charge >= 0.3 is 11.7 Å². The first-order valence-electron chi connectivity index (χ1n) is 4.95. The van der Waals surface area contributed by atoms with E-state index in [-0.39, 0.29) is 10.2 Å². The summed E-state index contributed by atoms with van der Waals surface area (Å²) in [7, 11) is 0. The molecule has 0 radical (unpaired) electrons. The maximum atomic E-state index is 13.0. The molecule has 1 heterocycles. The van der Waals surface area contributed by atoms with Crippen LogP contribution in [-0.2, 0) is 0 Å². The van der Waals surface area contributed by atoms with Gasteiger partial charge < -0.3 is 5.11 Å². The third-order valence-corrected chi connectivity index (χ3v) is 2.98. The summed E-state index contributed by atoms with van der Waals surface area (Å²) in [6.07, 6.45) is 0.890. The van der Waals surface area contributed by atoms with Crippen molar-refractivity contribution in [1.82, 2.24) is 9.55 Å². The van der Waals surface area contributed by atoms with Gasteiger partial charge in [-0.25, -0.2) is 14.0 Å². The minimum atomic E-state index is -1.46. The molecule has 0 aliphatic carbocycles. The number of hydrogen-bond acceptors (Lipinski definition) is 3. The third-order valence-electron chi connectivity index (χ3n) is 2.34. The molecule has 0 unspecified atom stereocenters. The maximum Gasteiger partial charge on any atom is 0.342 e. The Kier molecular flexibility index (Phi) is 3.34. The van der Waals surface area contributed by atoms with E-state index in [2.05, 4.69) is 15.9 Å². The summed E-state index contributed by atoms with van der Waals surface area (Å²) >= 11 is 3.06. The van der Waals surface area contributed by atoms with E-state index in [0.29, 0.717) is 0 Å². The number of rotatable bonds is 2. The minimum absolute atomic E-state index is 0.213. The number of benzene rings is 1. The second-order valence-corrected chi connectivity index (χ2v) is 4.43. The molecule has 2 aromatic rings. The lowest BCUT2D eigenvalue weighted by atomic mass is 10.3. The molecule has 0 amide bonds. The summed E-state index contributed by atoms with van der Waals surface area (Å²) in [5.41, 5.74) is -2.18. The van der Waals surface area contributed by atoms with Gasteiger partial charge in [-0.3, -0.25) is 14.3 Å². The Morgan fingerprint density at radius 1 is 1.37 bits per heavy atom. The Balaban J connectivity index is 2.75. The normalized spacial score (nSPS) is 10.4. The average Bonchev–Trinajstić information content (AvgIpc) is 2.30. The van der Waals surface area contributed by atoms with Crippen LogP contribution in [0.2, 0.25) is 0 Å². The summed E-state index contributed by atoms with van der Waals surface area (Å²) in [6.45, 7) is 0. The molecular weight excluding hydrogens is 323 g/mol. The van der Waals surface area contributed by atoms with Crippen LogP contribution in [0.25, 0.3) is 5.69 Å². The van der Waals surface area contributed by atoms with Crippen LogP contribution in [0.1, 0.15) is 10.4 Å². The molecule has 0 atom stereocenters. The average molecular weight is 329 g/mol. The lowest BCUT2D eigenvalue weighted by molar-refractivity contribution is 0.0694. The van der Waals surface area contributed by atoms with Crippen LogP contribution in [0, 0.1) is 5.82 Å². The van der Waals surface area contributed by atoms with Crippen molar-refractivity contribution in [3.05, 3.63) is 61.1 Å². The van der Waals surface area contributed by atoms with Crippen LogP contribution in [0.15, 0.2) is 38.5 Å². The summed E-state index contributed by atoms with van der Waals surface area (Å²) < 4.78 is 14.1. The number of carbonyl (C=O) groups is 1. The van der Waals surface area contributed by atoms with Crippen LogP contribution >= 0.6 is 15.9 Å². The van der Waals surface area contributed by atoms with Crippen LogP contribution < -0.4 is 11.2 Å². The van der Waals surface area contributed by atoms with Crippen molar-refractivity contribution < 1.29 is 14.3 Å². The number of aromatic carboxylic acids is 1. The van der Waals surface area contributed by atoms with E-state index in [1.807, 2.05) is 4.98 Å². The topological polar surface area (TPSA) is 92.2 Å². The molecule has 1 aromatic carbocycles. The molecule has 0 saturated heterocycles. The molecule has 0 fully saturated rings. The highest BCUT2D eigenvalue weighted by atomic mass is 79.9. The monoisotopic (exact) mass is 328 g/mol. The Morgan fingerprint density at radius 3 is 2.63 bits per heavy atom. The lowest BCUT2D eigenvalue weighted by Crippen LogP contribution is -2.32. The third kappa shape index (κ3) is 2.48. The number of hydrogen-bond donors (Lipinski definition) is 2. The van der Waals surface area contributed by atoms with Gasteiger partial charge in [-0.1, -0.05) is 0 Å². The molecular formula is C11H6BrFN2O4. The highest BCUT2D eigenvalue weighted by Gasteiger charge is 2.14. The van der Waals surface area contributed by atoms with Crippen LogP contribution in [0.4, 0.5) is 4.39 Å². The summed E-state index contributed by atoms with van der Waals surface area (Å²) in [5, 5.41) is 8.83. The van der Waals surface area contributed by atoms with Gasteiger partial charge in [-0.2, -0.15) is 0 Å². The zero-order chi connectivity index (χ0) is 14.2. The van der Waals surface area contributed by atoms with Crippen molar-refractivity contribution in [3.63, 3.8) is 0 Å². The zero-order valence-corrected chi connectivity index (χ0v) is 10.8.